The second-order valence-corrected chi connectivity index (χ2v) is 4.43. The summed E-state index contributed by atoms with van der Waals surface area (Å²) in [5.74, 6) is -0.752. The molecule has 0 aliphatic carbocycles. The molecule has 4 heteroatoms. The van der Waals surface area contributed by atoms with Crippen LogP contribution < -0.4 is 0 Å². The van der Waals surface area contributed by atoms with Crippen molar-refractivity contribution in [3.05, 3.63) is 35.4 Å². The van der Waals surface area contributed by atoms with Gasteiger partial charge in [0.25, 0.3) is 0 Å². The molecule has 0 aromatic heterocycles. The first-order valence-corrected chi connectivity index (χ1v) is 5.11. The zero-order valence-electron chi connectivity index (χ0n) is 10.2. The van der Waals surface area contributed by atoms with Gasteiger partial charge < -0.3 is 5.11 Å². The summed E-state index contributed by atoms with van der Waals surface area (Å²) in [4.78, 5) is 27.1. The number of benzene rings is 1. The van der Waals surface area contributed by atoms with E-state index in [2.05, 4.69) is 0 Å². The van der Waals surface area contributed by atoms with Gasteiger partial charge >= 0.3 is 12.1 Å². The second-order valence-electron chi connectivity index (χ2n) is 4.43. The van der Waals surface area contributed by atoms with E-state index in [1.54, 1.807) is 13.8 Å². The van der Waals surface area contributed by atoms with Crippen LogP contribution in [0.2, 0.25) is 0 Å². The maximum absolute atomic E-state index is 10.9. The maximum atomic E-state index is 10.9. The Bertz CT molecular complexity index is 398. The zero-order chi connectivity index (χ0) is 13.5. The van der Waals surface area contributed by atoms with Crippen LogP contribution in [0.15, 0.2) is 24.3 Å². The monoisotopic (exact) mass is 236 g/mol. The van der Waals surface area contributed by atoms with Gasteiger partial charge in [0.05, 0.1) is 5.41 Å². The number of aryl methyl sites for hydroxylation is 1. The molecule has 0 saturated carbocycles. The summed E-state index contributed by atoms with van der Waals surface area (Å²) < 4.78 is 0. The molecule has 92 valence electrons. The highest BCUT2D eigenvalue weighted by atomic mass is 16.4. The fourth-order valence-electron chi connectivity index (χ4n) is 1.29. The highest BCUT2D eigenvalue weighted by molar-refractivity contribution is 5.74. The quantitative estimate of drug-likeness (QED) is 0.872. The van der Waals surface area contributed by atoms with E-state index in [1.165, 1.54) is 5.56 Å². The van der Waals surface area contributed by atoms with Crippen LogP contribution in [-0.4, -0.2) is 17.2 Å². The molecule has 0 saturated heterocycles. The first-order valence-electron chi connectivity index (χ1n) is 5.11. The molecule has 1 aromatic carbocycles. The molecule has 1 N–H and O–H groups in total. The van der Waals surface area contributed by atoms with E-state index in [4.69, 9.17) is 14.7 Å². The Hall–Kier alpha value is -1.93. The van der Waals surface area contributed by atoms with Crippen LogP contribution in [0.3, 0.4) is 0 Å². The van der Waals surface area contributed by atoms with E-state index in [0.29, 0.717) is 6.42 Å². The van der Waals surface area contributed by atoms with Crippen molar-refractivity contribution in [1.82, 2.24) is 0 Å². The molecule has 1 aromatic rings. The van der Waals surface area contributed by atoms with Gasteiger partial charge in [0.1, 0.15) is 0 Å². The predicted octanol–water partition coefficient (Wildman–Crippen LogP) is 2.06. The highest BCUT2D eigenvalue weighted by Gasteiger charge is 2.26. The number of hydrogen-bond acceptors (Lipinski definition) is 3. The smallest absolute Gasteiger partial charge is 0.373 e. The first kappa shape index (κ1) is 15.1. The molecule has 0 aliphatic rings. The first-order chi connectivity index (χ1) is 7.83. The average Bonchev–Trinajstić information content (AvgIpc) is 2.22. The third-order valence-electron chi connectivity index (χ3n) is 2.35. The number of carboxylic acids is 1. The fraction of sp³-hybridized carbons (Fsp3) is 0.385. The third-order valence-corrected chi connectivity index (χ3v) is 2.35. The number of aliphatic carboxylic acids is 1. The molecule has 0 aliphatic heterocycles. The molecule has 0 spiro atoms. The Morgan fingerprint density at radius 1 is 1.24 bits per heavy atom. The number of carbonyl (C=O) groups excluding carboxylic acids is 2. The number of carbonyl (C=O) groups is 1. The third kappa shape index (κ3) is 5.64. The normalized spacial score (nSPS) is 9.82. The van der Waals surface area contributed by atoms with Gasteiger partial charge in [-0.05, 0) is 32.8 Å². The largest absolute Gasteiger partial charge is 0.481 e. The Labute approximate surface area is 100 Å². The van der Waals surface area contributed by atoms with Crippen LogP contribution in [0.5, 0.6) is 0 Å². The Balaban J connectivity index is 0.000000770. The van der Waals surface area contributed by atoms with E-state index >= 15 is 0 Å². The van der Waals surface area contributed by atoms with Gasteiger partial charge in [-0.25, -0.2) is 0 Å². The molecule has 0 radical (unpaired) electrons. The van der Waals surface area contributed by atoms with Crippen molar-refractivity contribution >= 4 is 12.1 Å². The Morgan fingerprint density at radius 3 is 2.00 bits per heavy atom. The molecule has 0 unspecified atom stereocenters. The lowest BCUT2D eigenvalue weighted by Crippen LogP contribution is -2.26. The standard InChI is InChI=1S/C12H16O2.CO2/c1-9-4-6-10(7-5-9)8-12(2,3)11(13)14;2-1-3/h4-7H,8H2,1-3H3,(H,13,14);. The lowest BCUT2D eigenvalue weighted by atomic mass is 9.86. The van der Waals surface area contributed by atoms with Gasteiger partial charge in [0.15, 0.2) is 0 Å². The molecule has 0 amide bonds. The second kappa shape index (κ2) is 6.61. The fourth-order valence-corrected chi connectivity index (χ4v) is 1.29. The Kier molecular flexibility index (Phi) is 5.86. The van der Waals surface area contributed by atoms with Gasteiger partial charge in [-0.15, -0.1) is 0 Å². The molecule has 0 atom stereocenters. The van der Waals surface area contributed by atoms with Crippen molar-refractivity contribution in [2.24, 2.45) is 5.41 Å². The van der Waals surface area contributed by atoms with Crippen LogP contribution in [0.25, 0.3) is 0 Å². The van der Waals surface area contributed by atoms with Crippen LogP contribution >= 0.6 is 0 Å². The van der Waals surface area contributed by atoms with Gasteiger partial charge in [-0.2, -0.15) is 9.59 Å². The van der Waals surface area contributed by atoms with E-state index < -0.39 is 11.4 Å². The molecule has 0 fully saturated rings. The summed E-state index contributed by atoms with van der Waals surface area (Å²) in [5, 5.41) is 8.96. The minimum atomic E-state index is -0.752. The van der Waals surface area contributed by atoms with Crippen LogP contribution in [0, 0.1) is 12.3 Å². The summed E-state index contributed by atoms with van der Waals surface area (Å²) >= 11 is 0. The van der Waals surface area contributed by atoms with Gasteiger partial charge in [-0.3, -0.25) is 4.79 Å². The number of carboxylic acid groups (broad SMARTS) is 1. The summed E-state index contributed by atoms with van der Waals surface area (Å²) in [6, 6.07) is 7.99. The zero-order valence-corrected chi connectivity index (χ0v) is 10.2. The topological polar surface area (TPSA) is 71.4 Å². The minimum Gasteiger partial charge on any atom is -0.481 e. The van der Waals surface area contributed by atoms with Gasteiger partial charge in [0.2, 0.25) is 0 Å². The lowest BCUT2D eigenvalue weighted by molar-refractivity contribution is -0.191. The van der Waals surface area contributed by atoms with Crippen molar-refractivity contribution in [2.75, 3.05) is 0 Å². The summed E-state index contributed by atoms with van der Waals surface area (Å²) in [5.41, 5.74) is 1.58. The van der Waals surface area contributed by atoms with E-state index in [0.717, 1.165) is 5.56 Å². The van der Waals surface area contributed by atoms with Gasteiger partial charge in [0, 0.05) is 0 Å². The van der Waals surface area contributed by atoms with Gasteiger partial charge in [-0.1, -0.05) is 29.8 Å². The number of hydrogen-bond donors (Lipinski definition) is 1. The van der Waals surface area contributed by atoms with Crippen molar-refractivity contribution in [3.8, 4) is 0 Å². The average molecular weight is 236 g/mol. The molecular formula is C13H16O4. The van der Waals surface area contributed by atoms with Crippen molar-refractivity contribution in [3.63, 3.8) is 0 Å². The van der Waals surface area contributed by atoms with Crippen LogP contribution in [0.4, 0.5) is 0 Å². The molecule has 0 bridgehead atoms. The van der Waals surface area contributed by atoms with E-state index in [1.807, 2.05) is 31.2 Å². The predicted molar refractivity (Wildman–Crippen MR) is 61.3 cm³/mol. The molecule has 1 rings (SSSR count). The summed E-state index contributed by atoms with van der Waals surface area (Å²) in [6.07, 6.45) is 0.822. The van der Waals surface area contributed by atoms with Crippen LogP contribution in [-0.2, 0) is 20.8 Å². The van der Waals surface area contributed by atoms with Crippen molar-refractivity contribution < 1.29 is 19.5 Å². The molecule has 0 heterocycles. The maximum Gasteiger partial charge on any atom is 0.373 e. The molecule has 17 heavy (non-hydrogen) atoms. The lowest BCUT2D eigenvalue weighted by Gasteiger charge is -2.18. The summed E-state index contributed by atoms with van der Waals surface area (Å²) in [6.45, 7) is 5.51. The Morgan fingerprint density at radius 2 is 1.65 bits per heavy atom. The van der Waals surface area contributed by atoms with E-state index in [9.17, 15) is 4.79 Å². The van der Waals surface area contributed by atoms with Crippen LogP contribution in [0.1, 0.15) is 25.0 Å². The summed E-state index contributed by atoms with van der Waals surface area (Å²) in [7, 11) is 0. The van der Waals surface area contributed by atoms with Crippen molar-refractivity contribution in [2.45, 2.75) is 27.2 Å². The van der Waals surface area contributed by atoms with Crippen molar-refractivity contribution in [1.29, 1.82) is 0 Å². The van der Waals surface area contributed by atoms with E-state index in [-0.39, 0.29) is 6.15 Å². The molecular weight excluding hydrogens is 220 g/mol. The SMILES string of the molecule is Cc1ccc(CC(C)(C)C(=O)O)cc1.O=C=O. The number of rotatable bonds is 3. The minimum absolute atomic E-state index is 0.250. The highest BCUT2D eigenvalue weighted by Crippen LogP contribution is 2.22. The molecule has 4 nitrogen and oxygen atoms in total.